The minimum atomic E-state index is -1.13. The summed E-state index contributed by atoms with van der Waals surface area (Å²) in [5, 5.41) is 2.02. The fraction of sp³-hybridized carbons (Fsp3) is 0.318. The van der Waals surface area contributed by atoms with Crippen LogP contribution in [0.2, 0.25) is 0 Å². The Morgan fingerprint density at radius 1 is 0.926 bits per heavy atom. The molecule has 0 unspecified atom stereocenters. The quantitative estimate of drug-likeness (QED) is 0.716. The van der Waals surface area contributed by atoms with E-state index < -0.39 is 11.6 Å². The number of rotatable bonds is 0. The van der Waals surface area contributed by atoms with Gasteiger partial charge in [-0.15, -0.1) is 0 Å². The minimum absolute atomic E-state index is 0.0820. The predicted molar refractivity (Wildman–Crippen MR) is 97.6 cm³/mol. The lowest BCUT2D eigenvalue weighted by Gasteiger charge is -2.45. The van der Waals surface area contributed by atoms with Gasteiger partial charge in [0.25, 0.3) is 5.79 Å². The lowest BCUT2D eigenvalue weighted by atomic mass is 9.77. The first-order valence-corrected chi connectivity index (χ1v) is 9.36. The maximum absolute atomic E-state index is 12.8. The van der Waals surface area contributed by atoms with Crippen molar-refractivity contribution in [3.8, 4) is 11.5 Å². The molecule has 0 amide bonds. The van der Waals surface area contributed by atoms with Crippen LogP contribution >= 0.6 is 0 Å². The molecule has 0 saturated carbocycles. The molecule has 4 aliphatic rings. The van der Waals surface area contributed by atoms with Gasteiger partial charge in [-0.3, -0.25) is 4.79 Å². The molecule has 0 aromatic heterocycles. The van der Waals surface area contributed by atoms with Crippen LogP contribution in [0.4, 0.5) is 0 Å². The molecule has 6 rings (SSSR count). The van der Waals surface area contributed by atoms with Crippen LogP contribution in [-0.4, -0.2) is 30.6 Å². The van der Waals surface area contributed by atoms with E-state index in [1.54, 1.807) is 6.08 Å². The molecule has 1 fully saturated rings. The van der Waals surface area contributed by atoms with Gasteiger partial charge in [0.05, 0.1) is 24.2 Å². The first-order chi connectivity index (χ1) is 13.2. The van der Waals surface area contributed by atoms with Gasteiger partial charge in [-0.05, 0) is 36.4 Å². The van der Waals surface area contributed by atoms with Crippen molar-refractivity contribution in [1.29, 1.82) is 0 Å². The van der Waals surface area contributed by atoms with E-state index in [1.807, 2.05) is 36.4 Å². The highest BCUT2D eigenvalue weighted by molar-refractivity contribution is 6.08. The molecule has 2 aromatic rings. The summed E-state index contributed by atoms with van der Waals surface area (Å²) >= 11 is 0. The summed E-state index contributed by atoms with van der Waals surface area (Å²) in [4.78, 5) is 12.8. The minimum Gasteiger partial charge on any atom is -0.444 e. The predicted octanol–water partition coefficient (Wildman–Crippen LogP) is 3.67. The molecule has 0 N–H and O–H groups in total. The standard InChI is InChI=1S/C22H18O5/c23-16-9-11-21(15-6-3-10-22(20(15)16)24-12-13-25-22)26-17-7-1-4-14-5-2-8-18(27-21)19(14)17/h1-2,4-5,7-9,11H,3,6,10,12-13H2. The smallest absolute Gasteiger partial charge is 0.295 e. The van der Waals surface area contributed by atoms with Gasteiger partial charge in [0.1, 0.15) is 11.5 Å². The van der Waals surface area contributed by atoms with Crippen molar-refractivity contribution in [3.05, 3.63) is 59.7 Å². The van der Waals surface area contributed by atoms with Gasteiger partial charge >= 0.3 is 0 Å². The number of carbonyl (C=O) groups excluding carboxylic acids is 1. The molecule has 2 aromatic carbocycles. The molecule has 0 atom stereocenters. The second kappa shape index (κ2) is 5.21. The zero-order valence-corrected chi connectivity index (χ0v) is 14.7. The Balaban J connectivity index is 1.56. The summed E-state index contributed by atoms with van der Waals surface area (Å²) in [6.07, 6.45) is 5.49. The Kier molecular flexibility index (Phi) is 2.98. The summed E-state index contributed by atoms with van der Waals surface area (Å²) in [5.74, 6) is -0.658. The van der Waals surface area contributed by atoms with Gasteiger partial charge in [-0.1, -0.05) is 24.3 Å². The first kappa shape index (κ1) is 15.4. The Morgan fingerprint density at radius 3 is 2.33 bits per heavy atom. The summed E-state index contributed by atoms with van der Waals surface area (Å²) in [6.45, 7) is 0.981. The lowest BCUT2D eigenvalue weighted by molar-refractivity contribution is -0.151. The number of ketones is 1. The van der Waals surface area contributed by atoms with Crippen molar-refractivity contribution in [2.24, 2.45) is 0 Å². The third-order valence-corrected chi connectivity index (χ3v) is 5.84. The third-order valence-electron chi connectivity index (χ3n) is 5.84. The second-order valence-electron chi connectivity index (χ2n) is 7.34. The SMILES string of the molecule is O=C1C=CC2(Oc3cccc4cccc(c34)O2)C2=C1C1(CCC2)OCCO1. The highest BCUT2D eigenvalue weighted by Gasteiger charge is 2.55. The zero-order valence-electron chi connectivity index (χ0n) is 14.7. The molecule has 0 bridgehead atoms. The summed E-state index contributed by atoms with van der Waals surface area (Å²) in [5.41, 5.74) is 1.37. The van der Waals surface area contributed by atoms with Crippen LogP contribution in [0, 0.1) is 0 Å². The van der Waals surface area contributed by atoms with E-state index >= 15 is 0 Å². The average molecular weight is 362 g/mol. The van der Waals surface area contributed by atoms with Crippen molar-refractivity contribution < 1.29 is 23.7 Å². The average Bonchev–Trinajstić information content (AvgIpc) is 3.14. The Bertz CT molecular complexity index is 1000. The number of allylic oxidation sites excluding steroid dienone is 1. The van der Waals surface area contributed by atoms with Crippen molar-refractivity contribution in [2.45, 2.75) is 30.8 Å². The number of ether oxygens (including phenoxy) is 4. The van der Waals surface area contributed by atoms with Crippen LogP contribution in [0.5, 0.6) is 11.5 Å². The maximum Gasteiger partial charge on any atom is 0.295 e. The largest absolute Gasteiger partial charge is 0.444 e. The molecule has 1 saturated heterocycles. The number of carbonyl (C=O) groups is 1. The first-order valence-electron chi connectivity index (χ1n) is 9.36. The van der Waals surface area contributed by atoms with E-state index in [0.29, 0.717) is 31.6 Å². The van der Waals surface area contributed by atoms with Crippen LogP contribution in [0.3, 0.4) is 0 Å². The summed E-state index contributed by atoms with van der Waals surface area (Å²) in [7, 11) is 0. The number of hydrogen-bond acceptors (Lipinski definition) is 5. The summed E-state index contributed by atoms with van der Waals surface area (Å²) < 4.78 is 24.7. The van der Waals surface area contributed by atoms with E-state index in [4.69, 9.17) is 18.9 Å². The molecular formula is C22H18O5. The molecule has 2 heterocycles. The van der Waals surface area contributed by atoms with Crippen LogP contribution < -0.4 is 9.47 Å². The van der Waals surface area contributed by atoms with E-state index in [1.165, 1.54) is 6.08 Å². The molecule has 2 aliphatic heterocycles. The topological polar surface area (TPSA) is 54.0 Å². The highest BCUT2D eigenvalue weighted by Crippen LogP contribution is 2.51. The Hall–Kier alpha value is -2.63. The number of fused-ring (bicyclic) bond motifs is 2. The fourth-order valence-electron chi connectivity index (χ4n) is 4.76. The van der Waals surface area contributed by atoms with E-state index in [9.17, 15) is 4.79 Å². The molecule has 136 valence electrons. The van der Waals surface area contributed by atoms with Crippen LogP contribution in [-0.2, 0) is 14.3 Å². The molecule has 5 heteroatoms. The van der Waals surface area contributed by atoms with Crippen molar-refractivity contribution in [3.63, 3.8) is 0 Å². The Morgan fingerprint density at radius 2 is 1.63 bits per heavy atom. The van der Waals surface area contributed by atoms with Gasteiger partial charge < -0.3 is 18.9 Å². The Labute approximate surface area is 156 Å². The van der Waals surface area contributed by atoms with E-state index in [2.05, 4.69) is 0 Å². The zero-order chi connectivity index (χ0) is 18.1. The third kappa shape index (κ3) is 1.98. The van der Waals surface area contributed by atoms with Crippen LogP contribution in [0.1, 0.15) is 19.3 Å². The van der Waals surface area contributed by atoms with Gasteiger partial charge in [-0.2, -0.15) is 0 Å². The van der Waals surface area contributed by atoms with Crippen molar-refractivity contribution in [1.82, 2.24) is 0 Å². The monoisotopic (exact) mass is 362 g/mol. The molecular weight excluding hydrogens is 344 g/mol. The van der Waals surface area contributed by atoms with E-state index in [0.717, 1.165) is 34.3 Å². The van der Waals surface area contributed by atoms with Gasteiger partial charge in [-0.25, -0.2) is 0 Å². The molecule has 0 radical (unpaired) electrons. The van der Waals surface area contributed by atoms with E-state index in [-0.39, 0.29) is 5.78 Å². The van der Waals surface area contributed by atoms with Gasteiger partial charge in [0.15, 0.2) is 11.6 Å². The van der Waals surface area contributed by atoms with Gasteiger partial charge in [0, 0.05) is 18.1 Å². The normalized spacial score (nSPS) is 24.2. The van der Waals surface area contributed by atoms with Crippen LogP contribution in [0.25, 0.3) is 10.8 Å². The number of benzene rings is 2. The van der Waals surface area contributed by atoms with Crippen molar-refractivity contribution >= 4 is 16.6 Å². The van der Waals surface area contributed by atoms with Crippen LogP contribution in [0.15, 0.2) is 59.7 Å². The van der Waals surface area contributed by atoms with Crippen molar-refractivity contribution in [2.75, 3.05) is 13.2 Å². The molecule has 5 nitrogen and oxygen atoms in total. The molecule has 2 aliphatic carbocycles. The number of hydrogen-bond donors (Lipinski definition) is 0. The summed E-state index contributed by atoms with van der Waals surface area (Å²) in [6, 6.07) is 11.9. The maximum atomic E-state index is 12.8. The highest BCUT2D eigenvalue weighted by atomic mass is 16.7. The lowest BCUT2D eigenvalue weighted by Crippen LogP contribution is -2.52. The second-order valence-corrected chi connectivity index (χ2v) is 7.34. The fourth-order valence-corrected chi connectivity index (χ4v) is 4.76. The van der Waals surface area contributed by atoms with Gasteiger partial charge in [0.2, 0.25) is 0 Å². The molecule has 27 heavy (non-hydrogen) atoms. The molecule has 2 spiro atoms.